The third-order valence-electron chi connectivity index (χ3n) is 7.89. The van der Waals surface area contributed by atoms with Crippen molar-refractivity contribution in [3.8, 4) is 28.3 Å². The number of anilines is 1. The summed E-state index contributed by atoms with van der Waals surface area (Å²) in [6.07, 6.45) is 3.63. The Hall–Kier alpha value is -4.81. The molecule has 0 saturated carbocycles. The number of H-pyrrole nitrogens is 1. The highest BCUT2D eigenvalue weighted by atomic mass is 16.5. The molecule has 4 N–H and O–H groups in total. The zero-order valence-electron chi connectivity index (χ0n) is 24.2. The number of benzene rings is 1. The second kappa shape index (κ2) is 12.6. The van der Waals surface area contributed by atoms with Crippen molar-refractivity contribution in [1.29, 1.82) is 0 Å². The smallest absolute Gasteiger partial charge is 0.328 e. The van der Waals surface area contributed by atoms with Crippen LogP contribution in [0.2, 0.25) is 0 Å². The summed E-state index contributed by atoms with van der Waals surface area (Å²) < 4.78 is 5.69. The lowest BCUT2D eigenvalue weighted by molar-refractivity contribution is -0.134. The van der Waals surface area contributed by atoms with Gasteiger partial charge in [0.1, 0.15) is 28.5 Å². The molecule has 2 aliphatic heterocycles. The molecule has 5 heterocycles. The number of aliphatic hydroxyl groups excluding tert-OH is 1. The van der Waals surface area contributed by atoms with Crippen LogP contribution in [0.3, 0.4) is 0 Å². The first-order valence-corrected chi connectivity index (χ1v) is 13.9. The third kappa shape index (κ3) is 6.50. The number of nitrogens with zero attached hydrogens (tertiary/aromatic N) is 5. The van der Waals surface area contributed by atoms with Crippen molar-refractivity contribution in [2.75, 3.05) is 38.2 Å². The van der Waals surface area contributed by atoms with Gasteiger partial charge in [-0.05, 0) is 43.5 Å². The molecule has 2 atom stereocenters. The lowest BCUT2D eigenvalue weighted by Crippen LogP contribution is -2.50. The molecule has 0 unspecified atom stereocenters. The number of ether oxygens (including phenoxy) is 1. The maximum absolute atomic E-state index is 10.00. The van der Waals surface area contributed by atoms with Gasteiger partial charge in [0.05, 0.1) is 18.7 Å². The van der Waals surface area contributed by atoms with Crippen LogP contribution in [0.25, 0.3) is 33.5 Å². The number of carboxylic acid groups (broad SMARTS) is 2. The summed E-state index contributed by atoms with van der Waals surface area (Å²) in [6.45, 7) is 7.79. The lowest BCUT2D eigenvalue weighted by Gasteiger charge is -2.37. The van der Waals surface area contributed by atoms with Crippen LogP contribution in [0.4, 0.5) is 5.82 Å². The fraction of sp³-hybridized carbons (Fsp3) is 0.323. The molecule has 12 heteroatoms. The first kappa shape index (κ1) is 29.7. The van der Waals surface area contributed by atoms with Gasteiger partial charge < -0.3 is 25.0 Å². The molecule has 0 aliphatic carbocycles. The molecule has 12 nitrogen and oxygen atoms in total. The molecule has 4 aromatic rings. The van der Waals surface area contributed by atoms with E-state index in [1.807, 2.05) is 18.3 Å². The second-order valence-electron chi connectivity index (χ2n) is 10.7. The van der Waals surface area contributed by atoms with Crippen molar-refractivity contribution in [3.63, 3.8) is 0 Å². The summed E-state index contributed by atoms with van der Waals surface area (Å²) >= 11 is 0. The average Bonchev–Trinajstić information content (AvgIpc) is 3.58. The second-order valence-corrected chi connectivity index (χ2v) is 10.7. The Kier molecular flexibility index (Phi) is 8.69. The molecular formula is C31H34N6O6. The Labute approximate surface area is 248 Å². The van der Waals surface area contributed by atoms with Gasteiger partial charge in [-0.2, -0.15) is 5.10 Å². The number of aliphatic carboxylic acids is 2. The van der Waals surface area contributed by atoms with Crippen molar-refractivity contribution >= 4 is 28.8 Å². The van der Waals surface area contributed by atoms with Gasteiger partial charge in [0, 0.05) is 67.8 Å². The zero-order chi connectivity index (χ0) is 30.7. The highest BCUT2D eigenvalue weighted by Crippen LogP contribution is 2.36. The molecule has 0 amide bonds. The standard InChI is InChI=1S/C27H30N6O2.C4H4O4/c1-16-5-4-6-21(17(16)2)26-23(35-3)12-22-27(29-26)25(31-30-22)18-7-8-24(28-13-18)33-10-9-32-15-20(34)11-19(32)14-33;5-3(6)1-2-4(7)8/h4-8,12-13,19-20,34H,9-11,14-15H2,1-3H3,(H,30,31);1-2H,(H,5,6)(H,7,8)/b;2-1-/t19-,20+;/m0./s1. The number of hydrogen-bond donors (Lipinski definition) is 4. The number of aromatic nitrogens is 4. The number of rotatable bonds is 6. The predicted molar refractivity (Wildman–Crippen MR) is 161 cm³/mol. The molecular weight excluding hydrogens is 552 g/mol. The number of pyridine rings is 2. The Balaban J connectivity index is 0.000000407. The number of aliphatic hydroxyl groups is 1. The number of carbonyl (C=O) groups is 2. The Bertz CT molecular complexity index is 1650. The van der Waals surface area contributed by atoms with Gasteiger partial charge in [0.15, 0.2) is 0 Å². The molecule has 0 radical (unpaired) electrons. The number of aromatic amines is 1. The van der Waals surface area contributed by atoms with Crippen LogP contribution in [0.15, 0.2) is 54.7 Å². The molecule has 0 bridgehead atoms. The van der Waals surface area contributed by atoms with Gasteiger partial charge in [0.25, 0.3) is 0 Å². The van der Waals surface area contributed by atoms with E-state index in [-0.39, 0.29) is 6.10 Å². The number of hydrogen-bond acceptors (Lipinski definition) is 9. The summed E-state index contributed by atoms with van der Waals surface area (Å²) in [6, 6.07) is 12.7. The number of fused-ring (bicyclic) bond motifs is 2. The Morgan fingerprint density at radius 3 is 2.49 bits per heavy atom. The minimum Gasteiger partial charge on any atom is -0.494 e. The molecule has 3 aromatic heterocycles. The third-order valence-corrected chi connectivity index (χ3v) is 7.89. The molecule has 0 spiro atoms. The van der Waals surface area contributed by atoms with E-state index >= 15 is 0 Å². The van der Waals surface area contributed by atoms with Gasteiger partial charge in [0.2, 0.25) is 0 Å². The fourth-order valence-electron chi connectivity index (χ4n) is 5.57. The van der Waals surface area contributed by atoms with E-state index in [4.69, 9.17) is 24.9 Å². The molecule has 6 rings (SSSR count). The number of carboxylic acids is 2. The normalized spacial score (nSPS) is 18.4. The van der Waals surface area contributed by atoms with E-state index in [1.165, 1.54) is 11.1 Å². The molecule has 224 valence electrons. The van der Waals surface area contributed by atoms with Gasteiger partial charge in [-0.25, -0.2) is 19.6 Å². The average molecular weight is 587 g/mol. The highest BCUT2D eigenvalue weighted by molar-refractivity contribution is 5.93. The van der Waals surface area contributed by atoms with Crippen molar-refractivity contribution in [1.82, 2.24) is 25.1 Å². The van der Waals surface area contributed by atoms with Crippen molar-refractivity contribution < 1.29 is 29.6 Å². The van der Waals surface area contributed by atoms with Crippen molar-refractivity contribution in [2.45, 2.75) is 32.4 Å². The lowest BCUT2D eigenvalue weighted by atomic mass is 9.99. The van der Waals surface area contributed by atoms with E-state index in [2.05, 4.69) is 58.1 Å². The molecule has 2 fully saturated rings. The van der Waals surface area contributed by atoms with E-state index in [0.717, 1.165) is 72.0 Å². The van der Waals surface area contributed by atoms with Crippen molar-refractivity contribution in [3.05, 3.63) is 65.9 Å². The zero-order valence-corrected chi connectivity index (χ0v) is 24.2. The van der Waals surface area contributed by atoms with Crippen LogP contribution in [-0.2, 0) is 9.59 Å². The number of methoxy groups -OCH3 is 1. The van der Waals surface area contributed by atoms with Crippen LogP contribution in [0.5, 0.6) is 5.75 Å². The van der Waals surface area contributed by atoms with Gasteiger partial charge in [-0.3, -0.25) is 10.00 Å². The van der Waals surface area contributed by atoms with E-state index in [0.29, 0.717) is 23.9 Å². The van der Waals surface area contributed by atoms with Crippen LogP contribution in [0.1, 0.15) is 17.5 Å². The van der Waals surface area contributed by atoms with Gasteiger partial charge >= 0.3 is 11.9 Å². The van der Waals surface area contributed by atoms with Crippen LogP contribution in [-0.4, -0.2) is 97.8 Å². The topological polar surface area (TPSA) is 165 Å². The Morgan fingerprint density at radius 2 is 1.81 bits per heavy atom. The van der Waals surface area contributed by atoms with E-state index < -0.39 is 11.9 Å². The van der Waals surface area contributed by atoms with Gasteiger partial charge in [-0.1, -0.05) is 18.2 Å². The number of aryl methyl sites for hydroxylation is 1. The summed E-state index contributed by atoms with van der Waals surface area (Å²) in [5, 5.41) is 33.3. The molecule has 2 saturated heterocycles. The van der Waals surface area contributed by atoms with Crippen LogP contribution >= 0.6 is 0 Å². The molecule has 43 heavy (non-hydrogen) atoms. The summed E-state index contributed by atoms with van der Waals surface area (Å²) in [5.41, 5.74) is 7.58. The first-order valence-electron chi connectivity index (χ1n) is 13.9. The Morgan fingerprint density at radius 1 is 1.05 bits per heavy atom. The fourth-order valence-corrected chi connectivity index (χ4v) is 5.57. The number of piperazine rings is 1. The monoisotopic (exact) mass is 586 g/mol. The molecule has 1 aromatic carbocycles. The van der Waals surface area contributed by atoms with E-state index in [1.54, 1.807) is 7.11 Å². The van der Waals surface area contributed by atoms with Crippen molar-refractivity contribution in [2.24, 2.45) is 0 Å². The largest absolute Gasteiger partial charge is 0.494 e. The quantitative estimate of drug-likeness (QED) is 0.245. The van der Waals surface area contributed by atoms with Gasteiger partial charge in [-0.15, -0.1) is 0 Å². The number of nitrogens with one attached hydrogen (secondary N) is 1. The summed E-state index contributed by atoms with van der Waals surface area (Å²) in [5.74, 6) is -0.841. The first-order chi connectivity index (χ1) is 20.6. The van der Waals surface area contributed by atoms with Crippen LogP contribution in [0, 0.1) is 13.8 Å². The predicted octanol–water partition coefficient (Wildman–Crippen LogP) is 3.28. The minimum absolute atomic E-state index is 0.206. The highest BCUT2D eigenvalue weighted by Gasteiger charge is 2.35. The molecule has 2 aliphatic rings. The maximum Gasteiger partial charge on any atom is 0.328 e. The minimum atomic E-state index is -1.26. The van der Waals surface area contributed by atoms with E-state index in [9.17, 15) is 14.7 Å². The maximum atomic E-state index is 10.00. The SMILES string of the molecule is COc1cc2[nH]nc(-c3ccc(N4CCN5C[C@H](O)C[C@H]5C4)nc3)c2nc1-c1cccc(C)c1C.O=C(O)/C=C\C(=O)O. The van der Waals surface area contributed by atoms with Crippen LogP contribution < -0.4 is 9.64 Å². The summed E-state index contributed by atoms with van der Waals surface area (Å²) in [4.78, 5) is 33.6. The summed E-state index contributed by atoms with van der Waals surface area (Å²) in [7, 11) is 1.67.